The van der Waals surface area contributed by atoms with Crippen molar-refractivity contribution in [3.8, 4) is 0 Å². The van der Waals surface area contributed by atoms with E-state index in [0.717, 1.165) is 11.8 Å². The number of rotatable bonds is 10. The Balaban J connectivity index is 2.31. The Kier molecular flexibility index (Phi) is 8.66. The van der Waals surface area contributed by atoms with Gasteiger partial charge >= 0.3 is 0 Å². The van der Waals surface area contributed by atoms with Crippen molar-refractivity contribution in [2.75, 3.05) is 22.9 Å². The molecule has 0 radical (unpaired) electrons. The quantitative estimate of drug-likeness (QED) is 0.479. The average molecular weight is 476 g/mol. The number of anilines is 2. The summed E-state index contributed by atoms with van der Waals surface area (Å²) < 4.78 is 25.6. The third-order valence-corrected chi connectivity index (χ3v) is 5.56. The smallest absolute Gasteiger partial charge is 0.241 e. The van der Waals surface area contributed by atoms with Gasteiger partial charge in [0.1, 0.15) is 5.82 Å². The first-order valence-electron chi connectivity index (χ1n) is 9.52. The zero-order valence-electron chi connectivity index (χ0n) is 17.4. The van der Waals surface area contributed by atoms with Gasteiger partial charge in [0, 0.05) is 6.42 Å². The van der Waals surface area contributed by atoms with Gasteiger partial charge in [0.25, 0.3) is 0 Å². The summed E-state index contributed by atoms with van der Waals surface area (Å²) in [7, 11) is -3.57. The Labute approximate surface area is 187 Å². The zero-order chi connectivity index (χ0) is 22.5. The van der Waals surface area contributed by atoms with Crippen LogP contribution in [0, 0.1) is 5.92 Å². The number of nitrogens with zero attached hydrogens (tertiary/aromatic N) is 3. The molecule has 0 fully saturated rings. The van der Waals surface area contributed by atoms with Gasteiger partial charge in [0.15, 0.2) is 0 Å². The van der Waals surface area contributed by atoms with Gasteiger partial charge in [-0.15, -0.1) is 0 Å². The Morgan fingerprint density at radius 3 is 2.30 bits per heavy atom. The van der Waals surface area contributed by atoms with Gasteiger partial charge in [0.05, 0.1) is 28.9 Å². The molecule has 2 rings (SSSR count). The normalized spacial score (nSPS) is 13.9. The monoisotopic (exact) mass is 475 g/mol. The minimum absolute atomic E-state index is 0.00889. The molecule has 1 unspecified atom stereocenters. The second-order valence-electron chi connectivity index (χ2n) is 7.71. The summed E-state index contributed by atoms with van der Waals surface area (Å²) in [5, 5.41) is 13.6. The van der Waals surface area contributed by atoms with Crippen molar-refractivity contribution in [3.63, 3.8) is 0 Å². The number of aromatic nitrogens is 3. The molecule has 30 heavy (non-hydrogen) atoms. The molecule has 8 nitrogen and oxygen atoms in total. The van der Waals surface area contributed by atoms with Crippen LogP contribution in [0.25, 0.3) is 0 Å². The third-order valence-electron chi connectivity index (χ3n) is 4.27. The Morgan fingerprint density at radius 1 is 1.07 bits per heavy atom. The van der Waals surface area contributed by atoms with Crippen molar-refractivity contribution < 1.29 is 13.5 Å². The van der Waals surface area contributed by atoms with E-state index in [4.69, 9.17) is 23.2 Å². The second-order valence-corrected chi connectivity index (χ2v) is 10.3. The first-order chi connectivity index (χ1) is 14.0. The maximum atomic E-state index is 11.7. The molecule has 0 aliphatic carbocycles. The van der Waals surface area contributed by atoms with Crippen LogP contribution >= 0.6 is 23.2 Å². The minimum atomic E-state index is -3.57. The van der Waals surface area contributed by atoms with Crippen molar-refractivity contribution in [1.29, 1.82) is 0 Å². The van der Waals surface area contributed by atoms with Crippen molar-refractivity contribution in [2.45, 2.75) is 45.6 Å². The number of hydrogen-bond donors (Lipinski definition) is 3. The van der Waals surface area contributed by atoms with Crippen LogP contribution in [0.3, 0.4) is 0 Å². The first-order valence-corrected chi connectivity index (χ1v) is 12.2. The van der Waals surface area contributed by atoms with Crippen LogP contribution in [-0.4, -0.2) is 47.4 Å². The van der Waals surface area contributed by atoms with Crippen molar-refractivity contribution >= 4 is 45.1 Å². The topological polar surface area (TPSA) is 117 Å². The van der Waals surface area contributed by atoms with Crippen molar-refractivity contribution in [2.24, 2.45) is 5.92 Å². The number of aliphatic hydroxyl groups is 1. The van der Waals surface area contributed by atoms with Crippen LogP contribution in [0.15, 0.2) is 18.2 Å². The lowest BCUT2D eigenvalue weighted by atomic mass is 9.97. The molecule has 2 aromatic rings. The van der Waals surface area contributed by atoms with Crippen LogP contribution in [0.4, 0.5) is 11.9 Å². The van der Waals surface area contributed by atoms with Gasteiger partial charge in [0.2, 0.25) is 21.9 Å². The molecule has 1 aromatic carbocycles. The molecular formula is C19H27Cl2N5O3S. The molecule has 1 heterocycles. The number of benzene rings is 1. The number of nitrogens with one attached hydrogen (secondary N) is 2. The Bertz CT molecular complexity index is 973. The SMILES string of the molecule is CC(C)C[C@H](CO)Nc1nc(CC(C)c2ccc(Cl)c(Cl)c2)nc(NS(C)(=O)=O)n1. The van der Waals surface area contributed by atoms with Crippen LogP contribution in [0.5, 0.6) is 0 Å². The van der Waals surface area contributed by atoms with Gasteiger partial charge in [-0.05, 0) is 36.0 Å². The van der Waals surface area contributed by atoms with Crippen LogP contribution < -0.4 is 10.0 Å². The molecule has 0 aliphatic rings. The highest BCUT2D eigenvalue weighted by atomic mass is 35.5. The molecule has 0 aliphatic heterocycles. The predicted molar refractivity (Wildman–Crippen MR) is 121 cm³/mol. The highest BCUT2D eigenvalue weighted by Crippen LogP contribution is 2.28. The molecule has 0 amide bonds. The number of sulfonamides is 1. The van der Waals surface area contributed by atoms with Crippen LogP contribution in [-0.2, 0) is 16.4 Å². The summed E-state index contributed by atoms with van der Waals surface area (Å²) in [6.45, 7) is 5.96. The van der Waals surface area contributed by atoms with E-state index in [2.05, 4.69) is 25.0 Å². The molecule has 0 bridgehead atoms. The van der Waals surface area contributed by atoms with E-state index < -0.39 is 10.0 Å². The molecule has 0 saturated heterocycles. The van der Waals surface area contributed by atoms with Crippen molar-refractivity contribution in [3.05, 3.63) is 39.6 Å². The fourth-order valence-corrected chi connectivity index (χ4v) is 3.66. The number of hydrogen-bond acceptors (Lipinski definition) is 7. The fraction of sp³-hybridized carbons (Fsp3) is 0.526. The summed E-state index contributed by atoms with van der Waals surface area (Å²) in [4.78, 5) is 12.8. The standard InChI is InChI=1S/C19H27Cl2N5O3S/c1-11(2)7-14(10-27)22-18-23-17(24-19(25-18)26-30(4,28)29)8-12(3)13-5-6-15(20)16(21)9-13/h5-6,9,11-12,14,27H,7-8,10H2,1-4H3,(H2,22,23,24,25,26)/t12?,14-/m1/s1. The van der Waals surface area contributed by atoms with E-state index in [-0.39, 0.29) is 30.5 Å². The Morgan fingerprint density at radius 2 is 1.73 bits per heavy atom. The maximum absolute atomic E-state index is 11.7. The lowest BCUT2D eigenvalue weighted by Gasteiger charge is -2.19. The Hall–Kier alpha value is -1.68. The number of aliphatic hydroxyl groups excluding tert-OH is 1. The summed E-state index contributed by atoms with van der Waals surface area (Å²) >= 11 is 12.1. The third kappa shape index (κ3) is 7.86. The fourth-order valence-electron chi connectivity index (χ4n) is 2.93. The highest BCUT2D eigenvalue weighted by molar-refractivity contribution is 7.91. The van der Waals surface area contributed by atoms with E-state index >= 15 is 0 Å². The highest BCUT2D eigenvalue weighted by Gasteiger charge is 2.17. The molecule has 0 spiro atoms. The summed E-state index contributed by atoms with van der Waals surface area (Å²) in [6, 6.07) is 5.12. The molecule has 11 heteroatoms. The van der Waals surface area contributed by atoms with Gasteiger partial charge in [-0.1, -0.05) is 50.0 Å². The van der Waals surface area contributed by atoms with Gasteiger partial charge in [-0.2, -0.15) is 15.0 Å². The summed E-state index contributed by atoms with van der Waals surface area (Å²) in [5.74, 6) is 0.864. The first kappa shape index (κ1) is 24.6. The summed E-state index contributed by atoms with van der Waals surface area (Å²) in [5.41, 5.74) is 0.949. The van der Waals surface area contributed by atoms with Crippen molar-refractivity contribution in [1.82, 2.24) is 15.0 Å². The van der Waals surface area contributed by atoms with E-state index in [0.29, 0.717) is 34.6 Å². The molecule has 1 aromatic heterocycles. The minimum Gasteiger partial charge on any atom is -0.394 e. The van der Waals surface area contributed by atoms with Gasteiger partial charge < -0.3 is 10.4 Å². The maximum Gasteiger partial charge on any atom is 0.241 e. The average Bonchev–Trinajstić information content (AvgIpc) is 2.61. The van der Waals surface area contributed by atoms with Gasteiger partial charge in [-0.3, -0.25) is 4.72 Å². The number of halogens is 2. The van der Waals surface area contributed by atoms with Gasteiger partial charge in [-0.25, -0.2) is 8.42 Å². The molecular weight excluding hydrogens is 449 g/mol. The predicted octanol–water partition coefficient (Wildman–Crippen LogP) is 3.72. The van der Waals surface area contributed by atoms with Crippen LogP contribution in [0.1, 0.15) is 44.5 Å². The van der Waals surface area contributed by atoms with E-state index in [9.17, 15) is 13.5 Å². The second kappa shape index (κ2) is 10.6. The van der Waals surface area contributed by atoms with E-state index in [1.54, 1.807) is 12.1 Å². The molecule has 166 valence electrons. The lowest BCUT2D eigenvalue weighted by molar-refractivity contribution is 0.259. The van der Waals surface area contributed by atoms with Crippen LogP contribution in [0.2, 0.25) is 10.0 Å². The molecule has 3 N–H and O–H groups in total. The largest absolute Gasteiger partial charge is 0.394 e. The molecule has 2 atom stereocenters. The van der Waals surface area contributed by atoms with E-state index in [1.165, 1.54) is 0 Å². The van der Waals surface area contributed by atoms with E-state index in [1.807, 2.05) is 26.8 Å². The summed E-state index contributed by atoms with van der Waals surface area (Å²) in [6.07, 6.45) is 2.14. The molecule has 0 saturated carbocycles. The zero-order valence-corrected chi connectivity index (χ0v) is 19.7. The lowest BCUT2D eigenvalue weighted by Crippen LogP contribution is -2.27.